The van der Waals surface area contributed by atoms with Crippen molar-refractivity contribution in [2.45, 2.75) is 13.5 Å². The third-order valence-electron chi connectivity index (χ3n) is 4.10. The predicted octanol–water partition coefficient (Wildman–Crippen LogP) is 3.77. The van der Waals surface area contributed by atoms with Crippen LogP contribution in [0.4, 0.5) is 10.5 Å². The Bertz CT molecular complexity index is 1060. The number of hydrogen-bond donors (Lipinski definition) is 0. The Hall–Kier alpha value is -3.66. The first-order valence-electron chi connectivity index (χ1n) is 8.63. The number of nitrogens with zero attached hydrogens (tertiary/aromatic N) is 2. The fourth-order valence-corrected chi connectivity index (χ4v) is 3.54. The molecule has 0 aromatic heterocycles. The summed E-state index contributed by atoms with van der Waals surface area (Å²) in [7, 11) is 1.42. The topological polar surface area (TPSA) is 116 Å². The Labute approximate surface area is 175 Å². The van der Waals surface area contributed by atoms with Crippen molar-refractivity contribution in [3.05, 3.63) is 68.6 Å². The number of methoxy groups -OCH3 is 1. The third-order valence-corrected chi connectivity index (χ3v) is 5.01. The standard InChI is InChI=1S/C20H16N2O7S/c1-12(23)29-16-8-5-14(9-17(16)28-2)10-18-19(24)21(20(25)30-18)11-13-3-6-15(7-4-13)22(26)27/h3-10H,11H2,1-2H3/b18-10-. The van der Waals surface area contributed by atoms with Crippen molar-refractivity contribution in [1.29, 1.82) is 0 Å². The number of imide groups is 1. The van der Waals surface area contributed by atoms with Gasteiger partial charge in [-0.3, -0.25) is 29.4 Å². The zero-order chi connectivity index (χ0) is 21.8. The summed E-state index contributed by atoms with van der Waals surface area (Å²) in [5.41, 5.74) is 1.11. The van der Waals surface area contributed by atoms with Crippen molar-refractivity contribution in [3.8, 4) is 11.5 Å². The molecule has 0 aliphatic carbocycles. The zero-order valence-corrected chi connectivity index (χ0v) is 16.8. The van der Waals surface area contributed by atoms with Crippen molar-refractivity contribution in [2.24, 2.45) is 0 Å². The summed E-state index contributed by atoms with van der Waals surface area (Å²) in [6.07, 6.45) is 1.54. The molecule has 2 amide bonds. The minimum Gasteiger partial charge on any atom is -0.493 e. The molecule has 2 aromatic carbocycles. The number of amides is 2. The lowest BCUT2D eigenvalue weighted by Crippen LogP contribution is -2.27. The molecule has 2 aromatic rings. The number of non-ortho nitro benzene ring substituents is 1. The summed E-state index contributed by atoms with van der Waals surface area (Å²) >= 11 is 0.796. The minimum absolute atomic E-state index is 0.00864. The lowest BCUT2D eigenvalue weighted by molar-refractivity contribution is -0.384. The molecule has 0 saturated carbocycles. The number of esters is 1. The Morgan fingerprint density at radius 1 is 1.17 bits per heavy atom. The number of nitro benzene ring substituents is 1. The first-order chi connectivity index (χ1) is 14.3. The maximum absolute atomic E-state index is 12.7. The van der Waals surface area contributed by atoms with Gasteiger partial charge < -0.3 is 9.47 Å². The van der Waals surface area contributed by atoms with Crippen LogP contribution in [0.3, 0.4) is 0 Å². The van der Waals surface area contributed by atoms with Crippen LogP contribution >= 0.6 is 11.8 Å². The summed E-state index contributed by atoms with van der Waals surface area (Å²) < 4.78 is 10.2. The highest BCUT2D eigenvalue weighted by molar-refractivity contribution is 8.18. The van der Waals surface area contributed by atoms with Crippen molar-refractivity contribution >= 4 is 40.6 Å². The number of thioether (sulfide) groups is 1. The Morgan fingerprint density at radius 2 is 1.87 bits per heavy atom. The lowest BCUT2D eigenvalue weighted by Gasteiger charge is -2.12. The zero-order valence-electron chi connectivity index (χ0n) is 16.0. The van der Waals surface area contributed by atoms with Gasteiger partial charge in [0.15, 0.2) is 11.5 Å². The van der Waals surface area contributed by atoms with E-state index in [9.17, 15) is 24.5 Å². The fourth-order valence-electron chi connectivity index (χ4n) is 2.71. The van der Waals surface area contributed by atoms with E-state index in [1.165, 1.54) is 44.4 Å². The van der Waals surface area contributed by atoms with Gasteiger partial charge in [0.1, 0.15) is 0 Å². The second kappa shape index (κ2) is 8.78. The summed E-state index contributed by atoms with van der Waals surface area (Å²) in [4.78, 5) is 47.6. The average molecular weight is 428 g/mol. The van der Waals surface area contributed by atoms with E-state index in [2.05, 4.69) is 0 Å². The molecule has 1 fully saturated rings. The highest BCUT2D eigenvalue weighted by atomic mass is 32.2. The van der Waals surface area contributed by atoms with E-state index in [4.69, 9.17) is 9.47 Å². The third kappa shape index (κ3) is 4.66. The molecule has 0 unspecified atom stereocenters. The predicted molar refractivity (Wildman–Crippen MR) is 109 cm³/mol. The molecule has 30 heavy (non-hydrogen) atoms. The van der Waals surface area contributed by atoms with Gasteiger partial charge in [-0.05, 0) is 41.1 Å². The van der Waals surface area contributed by atoms with Crippen molar-refractivity contribution in [2.75, 3.05) is 7.11 Å². The minimum atomic E-state index is -0.520. The van der Waals surface area contributed by atoms with Gasteiger partial charge in [-0.2, -0.15) is 0 Å². The molecule has 1 saturated heterocycles. The molecule has 1 aliphatic rings. The van der Waals surface area contributed by atoms with Crippen LogP contribution in [0.25, 0.3) is 6.08 Å². The van der Waals surface area contributed by atoms with Gasteiger partial charge >= 0.3 is 5.97 Å². The molecule has 1 aliphatic heterocycles. The van der Waals surface area contributed by atoms with Gasteiger partial charge in [-0.1, -0.05) is 18.2 Å². The van der Waals surface area contributed by atoms with Crippen LogP contribution in [-0.4, -0.2) is 34.0 Å². The first kappa shape index (κ1) is 21.1. The highest BCUT2D eigenvalue weighted by Crippen LogP contribution is 2.35. The van der Waals surface area contributed by atoms with Crippen LogP contribution in [0.2, 0.25) is 0 Å². The number of hydrogen-bond acceptors (Lipinski definition) is 8. The average Bonchev–Trinajstić information content (AvgIpc) is 2.96. The van der Waals surface area contributed by atoms with Crippen molar-refractivity contribution < 1.29 is 28.8 Å². The van der Waals surface area contributed by atoms with E-state index < -0.39 is 22.0 Å². The number of rotatable bonds is 6. The van der Waals surface area contributed by atoms with Crippen LogP contribution in [0.15, 0.2) is 47.4 Å². The summed E-state index contributed by atoms with van der Waals surface area (Å²) in [6.45, 7) is 1.28. The maximum Gasteiger partial charge on any atom is 0.308 e. The monoisotopic (exact) mass is 428 g/mol. The quantitative estimate of drug-likeness (QED) is 0.224. The van der Waals surface area contributed by atoms with Crippen molar-refractivity contribution in [3.63, 3.8) is 0 Å². The molecule has 0 radical (unpaired) electrons. The molecule has 0 spiro atoms. The SMILES string of the molecule is COc1cc(/C=C2\SC(=O)N(Cc3ccc([N+](=O)[O-])cc3)C2=O)ccc1OC(C)=O. The van der Waals surface area contributed by atoms with E-state index in [1.54, 1.807) is 18.2 Å². The number of nitro groups is 1. The normalized spacial score (nSPS) is 14.9. The number of carbonyl (C=O) groups is 3. The van der Waals surface area contributed by atoms with Crippen LogP contribution in [0.1, 0.15) is 18.1 Å². The molecule has 1 heterocycles. The summed E-state index contributed by atoms with van der Waals surface area (Å²) in [5.74, 6) is -0.405. The van der Waals surface area contributed by atoms with Crippen LogP contribution in [0.5, 0.6) is 11.5 Å². The largest absolute Gasteiger partial charge is 0.493 e. The highest BCUT2D eigenvalue weighted by Gasteiger charge is 2.35. The molecule has 154 valence electrons. The first-order valence-corrected chi connectivity index (χ1v) is 9.45. The van der Waals surface area contributed by atoms with Gasteiger partial charge in [-0.25, -0.2) is 0 Å². The summed E-state index contributed by atoms with van der Waals surface area (Å²) in [6, 6.07) is 10.4. The molecular formula is C20H16N2O7S. The molecule has 9 nitrogen and oxygen atoms in total. The van der Waals surface area contributed by atoms with Crippen LogP contribution < -0.4 is 9.47 Å². The van der Waals surface area contributed by atoms with Gasteiger partial charge in [0.2, 0.25) is 0 Å². The smallest absolute Gasteiger partial charge is 0.308 e. The van der Waals surface area contributed by atoms with E-state index in [1.807, 2.05) is 0 Å². The Balaban J connectivity index is 1.79. The second-order valence-corrected chi connectivity index (χ2v) is 7.19. The summed E-state index contributed by atoms with van der Waals surface area (Å²) in [5, 5.41) is 10.3. The van der Waals surface area contributed by atoms with E-state index in [0.717, 1.165) is 16.7 Å². The van der Waals surface area contributed by atoms with Gasteiger partial charge in [0.25, 0.3) is 16.8 Å². The van der Waals surface area contributed by atoms with Gasteiger partial charge in [0.05, 0.1) is 23.5 Å². The second-order valence-electron chi connectivity index (χ2n) is 6.20. The van der Waals surface area contributed by atoms with E-state index >= 15 is 0 Å². The fraction of sp³-hybridized carbons (Fsp3) is 0.150. The van der Waals surface area contributed by atoms with Gasteiger partial charge in [-0.15, -0.1) is 0 Å². The van der Waals surface area contributed by atoms with Crippen molar-refractivity contribution in [1.82, 2.24) is 4.90 Å². The number of benzene rings is 2. The van der Waals surface area contributed by atoms with E-state index in [-0.39, 0.29) is 22.9 Å². The Kier molecular flexibility index (Phi) is 6.17. The van der Waals surface area contributed by atoms with Crippen LogP contribution in [0, 0.1) is 10.1 Å². The van der Waals surface area contributed by atoms with E-state index in [0.29, 0.717) is 16.9 Å². The Morgan fingerprint density at radius 3 is 2.47 bits per heavy atom. The van der Waals surface area contributed by atoms with Gasteiger partial charge in [0, 0.05) is 19.1 Å². The lowest BCUT2D eigenvalue weighted by atomic mass is 10.1. The number of carbonyl (C=O) groups excluding carboxylic acids is 3. The molecule has 0 N–H and O–H groups in total. The number of ether oxygens (including phenoxy) is 2. The van der Waals surface area contributed by atoms with Crippen LogP contribution in [-0.2, 0) is 16.1 Å². The molecule has 10 heteroatoms. The maximum atomic E-state index is 12.7. The molecule has 3 rings (SSSR count). The molecule has 0 atom stereocenters. The molecular weight excluding hydrogens is 412 g/mol. The molecule has 0 bridgehead atoms.